The summed E-state index contributed by atoms with van der Waals surface area (Å²) in [6.45, 7) is 13.2. The van der Waals surface area contributed by atoms with E-state index in [0.717, 1.165) is 38.5 Å². The van der Waals surface area contributed by atoms with Crippen LogP contribution < -0.4 is 20.1 Å². The lowest BCUT2D eigenvalue weighted by atomic mass is 9.70. The van der Waals surface area contributed by atoms with Crippen LogP contribution in [0.3, 0.4) is 0 Å². The van der Waals surface area contributed by atoms with Gasteiger partial charge in [-0.15, -0.1) is 26.3 Å². The molecule has 4 atom stereocenters. The highest BCUT2D eigenvalue weighted by Crippen LogP contribution is 2.48. The molecule has 72 heavy (non-hydrogen) atoms. The Labute approximate surface area is 411 Å². The van der Waals surface area contributed by atoms with Gasteiger partial charge in [-0.2, -0.15) is 0 Å². The number of nitrogens with zero attached hydrogens (tertiary/aromatic N) is 4. The van der Waals surface area contributed by atoms with Crippen molar-refractivity contribution in [2.45, 2.75) is 118 Å². The zero-order valence-electron chi connectivity index (χ0n) is 41.2. The fourth-order valence-electron chi connectivity index (χ4n) is 10.7. The van der Waals surface area contributed by atoms with Crippen molar-refractivity contribution in [1.82, 2.24) is 19.1 Å². The topological polar surface area (TPSA) is 131 Å². The lowest BCUT2D eigenvalue weighted by molar-refractivity contribution is -0.275. The molecule has 20 heteroatoms. The summed E-state index contributed by atoms with van der Waals surface area (Å²) >= 11 is 0. The van der Waals surface area contributed by atoms with Crippen LogP contribution in [0, 0.1) is 34.3 Å². The quantitative estimate of drug-likeness (QED) is 0.0902. The Kier molecular flexibility index (Phi) is 15.4. The molecule has 2 N–H and O–H groups in total. The van der Waals surface area contributed by atoms with Gasteiger partial charge in [-0.1, -0.05) is 41.5 Å². The average Bonchev–Trinajstić information content (AvgIpc) is 3.78. The van der Waals surface area contributed by atoms with Crippen molar-refractivity contribution in [2.24, 2.45) is 22.7 Å². The number of alkyl halides is 6. The van der Waals surface area contributed by atoms with Crippen LogP contribution in [-0.4, -0.2) is 58.0 Å². The predicted octanol–water partition coefficient (Wildman–Crippen LogP) is 13.8. The number of nitrogens with one attached hydrogen (secondary N) is 2. The summed E-state index contributed by atoms with van der Waals surface area (Å²) in [4.78, 5) is 32.9. The summed E-state index contributed by atoms with van der Waals surface area (Å²) in [5.74, 6) is -1.09. The van der Waals surface area contributed by atoms with Crippen LogP contribution in [0.1, 0.15) is 103 Å². The molecular formula is C52H58F8N6O6. The number of benzene rings is 4. The molecule has 12 nitrogen and oxygen atoms in total. The van der Waals surface area contributed by atoms with E-state index in [9.17, 15) is 35.9 Å². The second kappa shape index (κ2) is 20.9. The zero-order chi connectivity index (χ0) is 52.5. The first kappa shape index (κ1) is 53.2. The van der Waals surface area contributed by atoms with Crippen molar-refractivity contribution in [3.8, 4) is 11.5 Å². The van der Waals surface area contributed by atoms with E-state index in [0.29, 0.717) is 57.2 Å². The molecule has 0 unspecified atom stereocenters. The van der Waals surface area contributed by atoms with Gasteiger partial charge in [0.05, 0.1) is 49.1 Å². The van der Waals surface area contributed by atoms with Crippen LogP contribution in [0.25, 0.3) is 22.1 Å². The van der Waals surface area contributed by atoms with E-state index >= 15 is 8.78 Å². The van der Waals surface area contributed by atoms with Gasteiger partial charge in [-0.3, -0.25) is 9.59 Å². The van der Waals surface area contributed by atoms with Gasteiger partial charge < -0.3 is 38.7 Å². The van der Waals surface area contributed by atoms with Gasteiger partial charge in [-0.25, -0.2) is 18.7 Å². The number of halogens is 8. The van der Waals surface area contributed by atoms with Crippen molar-refractivity contribution < 1.29 is 63.7 Å². The summed E-state index contributed by atoms with van der Waals surface area (Å²) in [6, 6.07) is 16.6. The Morgan fingerprint density at radius 3 is 1.25 bits per heavy atom. The van der Waals surface area contributed by atoms with Gasteiger partial charge >= 0.3 is 24.7 Å². The molecule has 0 aliphatic heterocycles. The molecule has 0 radical (unpaired) electrons. The van der Waals surface area contributed by atoms with Gasteiger partial charge in [0.1, 0.15) is 23.1 Å². The number of esters is 2. The third-order valence-electron chi connectivity index (χ3n) is 13.0. The van der Waals surface area contributed by atoms with Crippen molar-refractivity contribution >= 4 is 57.3 Å². The predicted molar refractivity (Wildman–Crippen MR) is 255 cm³/mol. The van der Waals surface area contributed by atoms with E-state index in [1.807, 2.05) is 9.13 Å². The fraction of sp³-hybridized carbons (Fsp3) is 0.462. The Morgan fingerprint density at radius 1 is 0.597 bits per heavy atom. The minimum Gasteiger partial charge on any atom is -0.469 e. The SMILES string of the molecule is COC(=O)Cc1cc2nc(Nc3ccc(OC(F)(F)F)cc3)n([C@@H]3C[C@H](C)CC(C)(C)C3)c2cc1F.COC(=O)Cc1cc2nc(Nc3ccc(OC(F)(F)F)cc3)n([C@H]3C[C@@H](C)CC(C)(C)C3)c2cc1F. The number of ether oxygens (including phenoxy) is 4. The number of carbonyl (C=O) groups excluding carboxylic acids is 2. The van der Waals surface area contributed by atoms with Crippen LogP contribution in [0.4, 0.5) is 58.4 Å². The largest absolute Gasteiger partial charge is 0.573 e. The monoisotopic (exact) mass is 1010 g/mol. The molecule has 2 heterocycles. The van der Waals surface area contributed by atoms with Crippen molar-refractivity contribution in [3.05, 3.63) is 95.6 Å². The molecule has 2 aromatic heterocycles. The van der Waals surface area contributed by atoms with E-state index in [1.165, 1.54) is 74.9 Å². The first-order valence-corrected chi connectivity index (χ1v) is 23.5. The van der Waals surface area contributed by atoms with Gasteiger partial charge in [0.15, 0.2) is 0 Å². The van der Waals surface area contributed by atoms with Crippen LogP contribution in [0.15, 0.2) is 72.8 Å². The van der Waals surface area contributed by atoms with E-state index in [4.69, 9.17) is 9.97 Å². The molecule has 4 aromatic carbocycles. The first-order chi connectivity index (χ1) is 33.7. The molecule has 6 aromatic rings. The second-order valence-electron chi connectivity index (χ2n) is 20.5. The third-order valence-corrected chi connectivity index (χ3v) is 13.0. The molecule has 388 valence electrons. The number of methoxy groups -OCH3 is 2. The summed E-state index contributed by atoms with van der Waals surface area (Å²) in [5, 5.41) is 6.37. The molecular weight excluding hydrogens is 957 g/mol. The maximum Gasteiger partial charge on any atom is 0.573 e. The Bertz CT molecular complexity index is 2700. The van der Waals surface area contributed by atoms with E-state index in [-0.39, 0.29) is 58.4 Å². The second-order valence-corrected chi connectivity index (χ2v) is 20.5. The molecule has 2 aliphatic carbocycles. The highest BCUT2D eigenvalue weighted by molar-refractivity contribution is 5.84. The Morgan fingerprint density at radius 2 is 0.944 bits per heavy atom. The fourth-order valence-corrected chi connectivity index (χ4v) is 10.7. The first-order valence-electron chi connectivity index (χ1n) is 23.5. The number of imidazole rings is 2. The molecule has 8 rings (SSSR count). The Balaban J connectivity index is 0.000000211. The van der Waals surface area contributed by atoms with Crippen molar-refractivity contribution in [2.75, 3.05) is 24.9 Å². The molecule has 0 amide bonds. The number of hydrogen-bond donors (Lipinski definition) is 2. The minimum atomic E-state index is -4.78. The molecule has 0 saturated heterocycles. The van der Waals surface area contributed by atoms with Crippen molar-refractivity contribution in [1.29, 1.82) is 0 Å². The number of hydrogen-bond acceptors (Lipinski definition) is 10. The number of fused-ring (bicyclic) bond motifs is 2. The zero-order valence-corrected chi connectivity index (χ0v) is 41.2. The highest BCUT2D eigenvalue weighted by atomic mass is 19.4. The number of carbonyl (C=O) groups is 2. The maximum atomic E-state index is 15.0. The molecule has 0 spiro atoms. The van der Waals surface area contributed by atoms with Gasteiger partial charge in [0, 0.05) is 46.7 Å². The number of anilines is 4. The number of aromatic nitrogens is 4. The molecule has 2 fully saturated rings. The Hall–Kier alpha value is -6.60. The highest BCUT2D eigenvalue weighted by Gasteiger charge is 2.37. The summed E-state index contributed by atoms with van der Waals surface area (Å²) in [6.07, 6.45) is -4.43. The average molecular weight is 1020 g/mol. The lowest BCUT2D eigenvalue weighted by Crippen LogP contribution is -2.29. The lowest BCUT2D eigenvalue weighted by Gasteiger charge is -2.40. The minimum absolute atomic E-state index is 0.0231. The molecule has 2 aliphatic rings. The smallest absolute Gasteiger partial charge is 0.469 e. The van der Waals surface area contributed by atoms with E-state index < -0.39 is 36.3 Å². The van der Waals surface area contributed by atoms with Crippen LogP contribution in [0.2, 0.25) is 0 Å². The molecule has 0 bridgehead atoms. The maximum absolute atomic E-state index is 15.0. The van der Waals surface area contributed by atoms with Gasteiger partial charge in [-0.05, 0) is 122 Å². The summed E-state index contributed by atoms with van der Waals surface area (Å²) in [7, 11) is 2.49. The standard InChI is InChI=1S/2C26H29F4N3O3/c2*1-15-9-18(14-25(2,3)13-15)33-22-12-20(27)16(11-23(34)35-4)10-21(22)32-24(33)31-17-5-7-19(8-6-17)36-26(28,29)30/h2*5-8,10,12,15,18H,9,11,13-14H2,1-4H3,(H,31,32)/t2*15-,18+/m10/s1. The van der Waals surface area contributed by atoms with Crippen LogP contribution in [-0.2, 0) is 31.9 Å². The third kappa shape index (κ3) is 13.5. The summed E-state index contributed by atoms with van der Waals surface area (Å²) in [5.41, 5.74) is 3.65. The van der Waals surface area contributed by atoms with Crippen LogP contribution >= 0.6 is 0 Å². The molecule has 2 saturated carbocycles. The number of rotatable bonds is 12. The van der Waals surface area contributed by atoms with E-state index in [2.05, 4.69) is 71.1 Å². The van der Waals surface area contributed by atoms with Crippen LogP contribution in [0.5, 0.6) is 11.5 Å². The van der Waals surface area contributed by atoms with Crippen molar-refractivity contribution in [3.63, 3.8) is 0 Å². The normalized spacial score (nSPS) is 19.8. The summed E-state index contributed by atoms with van der Waals surface area (Å²) < 4.78 is 126. The van der Waals surface area contributed by atoms with E-state index in [1.54, 1.807) is 12.1 Å². The van der Waals surface area contributed by atoms with Gasteiger partial charge in [0.25, 0.3) is 0 Å². The van der Waals surface area contributed by atoms with Gasteiger partial charge in [0.2, 0.25) is 11.9 Å².